The standard InChI is InChI=1S/C24H25ClN4O4S2/c1-3-12-27-35(31,32)21-8-5-18(6-9-21)11-13-29(24(30)22-16-26-34-28-22)17-19-15-20(25)7-10-23(19)33-14-4-2/h1,5-10,15-16,27H,4,11-14,17H2,2H3. The minimum Gasteiger partial charge on any atom is -0.493 e. The largest absolute Gasteiger partial charge is 0.493 e. The fourth-order valence-corrected chi connectivity index (χ4v) is 4.76. The number of sulfonamides is 1. The highest BCUT2D eigenvalue weighted by Gasteiger charge is 2.21. The lowest BCUT2D eigenvalue weighted by atomic mass is 10.1. The van der Waals surface area contributed by atoms with Crippen LogP contribution in [-0.2, 0) is 23.0 Å². The monoisotopic (exact) mass is 532 g/mol. The molecule has 0 saturated carbocycles. The SMILES string of the molecule is C#CCNS(=O)(=O)c1ccc(CCN(Cc2cc(Cl)ccc2OCCC)C(=O)c2cnsn2)cc1. The van der Waals surface area contributed by atoms with Crippen molar-refractivity contribution < 1.29 is 17.9 Å². The first kappa shape index (κ1) is 26.6. The van der Waals surface area contributed by atoms with Crippen molar-refractivity contribution in [1.29, 1.82) is 0 Å². The topological polar surface area (TPSA) is 101 Å². The third-order valence-corrected chi connectivity index (χ3v) is 7.11. The van der Waals surface area contributed by atoms with Crippen LogP contribution in [-0.4, -0.2) is 47.7 Å². The van der Waals surface area contributed by atoms with Crippen molar-refractivity contribution in [2.24, 2.45) is 0 Å². The summed E-state index contributed by atoms with van der Waals surface area (Å²) in [5.41, 5.74) is 1.90. The van der Waals surface area contributed by atoms with Gasteiger partial charge in [-0.1, -0.05) is 36.6 Å². The van der Waals surface area contributed by atoms with Gasteiger partial charge in [0, 0.05) is 23.7 Å². The van der Waals surface area contributed by atoms with E-state index >= 15 is 0 Å². The highest BCUT2D eigenvalue weighted by Crippen LogP contribution is 2.25. The Morgan fingerprint density at radius 1 is 1.26 bits per heavy atom. The summed E-state index contributed by atoms with van der Waals surface area (Å²) in [4.78, 5) is 15.0. The van der Waals surface area contributed by atoms with Crippen molar-refractivity contribution in [3.63, 3.8) is 0 Å². The molecule has 3 rings (SSSR count). The van der Waals surface area contributed by atoms with E-state index in [1.54, 1.807) is 35.2 Å². The molecule has 0 aliphatic carbocycles. The Kier molecular flexibility index (Phi) is 9.63. The fraction of sp³-hybridized carbons (Fsp3) is 0.292. The van der Waals surface area contributed by atoms with Crippen LogP contribution < -0.4 is 9.46 Å². The van der Waals surface area contributed by atoms with Gasteiger partial charge >= 0.3 is 0 Å². The summed E-state index contributed by atoms with van der Waals surface area (Å²) in [5, 5.41) is 0.543. The second-order valence-corrected chi connectivity index (χ2v) is 10.3. The van der Waals surface area contributed by atoms with Gasteiger partial charge in [-0.15, -0.1) is 6.42 Å². The summed E-state index contributed by atoms with van der Waals surface area (Å²) in [7, 11) is -3.67. The molecule has 1 amide bonds. The zero-order chi connectivity index (χ0) is 25.3. The number of hydrogen-bond donors (Lipinski definition) is 1. The molecule has 0 saturated heterocycles. The van der Waals surface area contributed by atoms with Crippen LogP contribution in [0.25, 0.3) is 0 Å². The van der Waals surface area contributed by atoms with E-state index in [1.165, 1.54) is 18.3 Å². The van der Waals surface area contributed by atoms with Crippen LogP contribution in [0.2, 0.25) is 5.02 Å². The Labute approximate surface area is 214 Å². The molecule has 0 bridgehead atoms. The lowest BCUT2D eigenvalue weighted by Gasteiger charge is -2.23. The number of nitrogens with zero attached hydrogens (tertiary/aromatic N) is 3. The van der Waals surface area contributed by atoms with Crippen LogP contribution in [0.4, 0.5) is 0 Å². The van der Waals surface area contributed by atoms with Gasteiger partial charge in [0.15, 0.2) is 5.69 Å². The summed E-state index contributed by atoms with van der Waals surface area (Å²) in [6, 6.07) is 11.8. The Morgan fingerprint density at radius 3 is 2.69 bits per heavy atom. The number of benzene rings is 2. The number of nitrogens with one attached hydrogen (secondary N) is 1. The van der Waals surface area contributed by atoms with E-state index in [0.717, 1.165) is 29.3 Å². The lowest BCUT2D eigenvalue weighted by Crippen LogP contribution is -2.33. The Hall–Kier alpha value is -2.97. The molecule has 3 aromatic rings. The van der Waals surface area contributed by atoms with Crippen molar-refractivity contribution in [2.75, 3.05) is 19.7 Å². The van der Waals surface area contributed by atoms with Crippen molar-refractivity contribution in [2.45, 2.75) is 31.2 Å². The highest BCUT2D eigenvalue weighted by atomic mass is 35.5. The van der Waals surface area contributed by atoms with Crippen molar-refractivity contribution in [3.8, 4) is 18.1 Å². The predicted octanol–water partition coefficient (Wildman–Crippen LogP) is 3.78. The summed E-state index contributed by atoms with van der Waals surface area (Å²) < 4.78 is 40.7. The number of amides is 1. The lowest BCUT2D eigenvalue weighted by molar-refractivity contribution is 0.0738. The van der Waals surface area contributed by atoms with Crippen molar-refractivity contribution in [1.82, 2.24) is 18.4 Å². The summed E-state index contributed by atoms with van der Waals surface area (Å²) in [6.07, 6.45) is 7.91. The summed E-state index contributed by atoms with van der Waals surface area (Å²) in [6.45, 7) is 3.10. The van der Waals surface area contributed by atoms with E-state index in [0.29, 0.717) is 30.3 Å². The molecule has 11 heteroatoms. The Bertz CT molecular complexity index is 1270. The number of carbonyl (C=O) groups is 1. The van der Waals surface area contributed by atoms with Gasteiger partial charge in [-0.05, 0) is 48.7 Å². The maximum atomic E-state index is 13.2. The average Bonchev–Trinajstić information content (AvgIpc) is 3.40. The molecule has 0 unspecified atom stereocenters. The molecule has 1 N–H and O–H groups in total. The van der Waals surface area contributed by atoms with Gasteiger partial charge in [0.2, 0.25) is 10.0 Å². The van der Waals surface area contributed by atoms with Crippen LogP contribution in [0, 0.1) is 12.3 Å². The molecule has 0 fully saturated rings. The molecule has 0 aliphatic rings. The third kappa shape index (κ3) is 7.50. The molecule has 0 aliphatic heterocycles. The predicted molar refractivity (Wildman–Crippen MR) is 136 cm³/mol. The number of halogens is 1. The van der Waals surface area contributed by atoms with Gasteiger partial charge < -0.3 is 9.64 Å². The number of carbonyl (C=O) groups excluding carboxylic acids is 1. The normalized spacial score (nSPS) is 11.1. The number of aromatic nitrogens is 2. The van der Waals surface area contributed by atoms with Crippen molar-refractivity contribution in [3.05, 3.63) is 70.5 Å². The van der Waals surface area contributed by atoms with Gasteiger partial charge in [-0.3, -0.25) is 4.79 Å². The number of terminal acetylenes is 1. The van der Waals surface area contributed by atoms with Crippen LogP contribution >= 0.6 is 23.3 Å². The first-order chi connectivity index (χ1) is 16.8. The minimum atomic E-state index is -3.67. The van der Waals surface area contributed by atoms with Crippen LogP contribution in [0.3, 0.4) is 0 Å². The number of ether oxygens (including phenoxy) is 1. The molecular formula is C24H25ClN4O4S2. The second-order valence-electron chi connectivity index (χ2n) is 7.54. The zero-order valence-electron chi connectivity index (χ0n) is 19.1. The Morgan fingerprint density at radius 2 is 2.03 bits per heavy atom. The summed E-state index contributed by atoms with van der Waals surface area (Å²) in [5.74, 6) is 2.64. The van der Waals surface area contributed by atoms with E-state index < -0.39 is 10.0 Å². The average molecular weight is 533 g/mol. The van der Waals surface area contributed by atoms with Crippen LogP contribution in [0.5, 0.6) is 5.75 Å². The maximum Gasteiger partial charge on any atom is 0.275 e. The molecule has 0 radical (unpaired) electrons. The first-order valence-corrected chi connectivity index (χ1v) is 13.4. The van der Waals surface area contributed by atoms with E-state index in [2.05, 4.69) is 19.4 Å². The summed E-state index contributed by atoms with van der Waals surface area (Å²) >= 11 is 7.19. The van der Waals surface area contributed by atoms with Gasteiger partial charge in [0.1, 0.15) is 5.75 Å². The first-order valence-electron chi connectivity index (χ1n) is 10.8. The smallest absolute Gasteiger partial charge is 0.275 e. The van der Waals surface area contributed by atoms with Crippen LogP contribution in [0.15, 0.2) is 53.6 Å². The van der Waals surface area contributed by atoms with E-state index in [4.69, 9.17) is 22.8 Å². The van der Waals surface area contributed by atoms with Gasteiger partial charge in [-0.2, -0.15) is 13.5 Å². The number of rotatable bonds is 12. The molecule has 8 nitrogen and oxygen atoms in total. The van der Waals surface area contributed by atoms with Crippen molar-refractivity contribution >= 4 is 39.3 Å². The molecule has 1 aromatic heterocycles. The molecule has 184 valence electrons. The van der Waals surface area contributed by atoms with E-state index in [1.807, 2.05) is 6.92 Å². The maximum absolute atomic E-state index is 13.2. The molecule has 0 atom stereocenters. The van der Waals surface area contributed by atoms with Gasteiger partial charge in [0.05, 0.1) is 36.0 Å². The fourth-order valence-electron chi connectivity index (χ4n) is 3.22. The van der Waals surface area contributed by atoms with Crippen LogP contribution in [0.1, 0.15) is 35.0 Å². The number of hydrogen-bond acceptors (Lipinski definition) is 7. The minimum absolute atomic E-state index is 0.0832. The van der Waals surface area contributed by atoms with Gasteiger partial charge in [-0.25, -0.2) is 8.42 Å². The second kappa shape index (κ2) is 12.7. The quantitative estimate of drug-likeness (QED) is 0.356. The third-order valence-electron chi connectivity index (χ3n) is 4.98. The highest BCUT2D eigenvalue weighted by molar-refractivity contribution is 7.89. The van der Waals surface area contributed by atoms with Gasteiger partial charge in [0.25, 0.3) is 5.91 Å². The van der Waals surface area contributed by atoms with E-state index in [-0.39, 0.29) is 29.6 Å². The zero-order valence-corrected chi connectivity index (χ0v) is 21.5. The Balaban J connectivity index is 1.79. The van der Waals surface area contributed by atoms with E-state index in [9.17, 15) is 13.2 Å². The molecule has 0 spiro atoms. The molecule has 35 heavy (non-hydrogen) atoms. The molecular weight excluding hydrogens is 508 g/mol. The molecule has 1 heterocycles. The molecule has 2 aromatic carbocycles.